The Labute approximate surface area is 200 Å². The third-order valence-electron chi connectivity index (χ3n) is 6.56. The highest BCUT2D eigenvalue weighted by Crippen LogP contribution is 2.25. The predicted octanol–water partition coefficient (Wildman–Crippen LogP) is 4.08. The fourth-order valence-electron chi connectivity index (χ4n) is 4.58. The molecule has 5 rings (SSSR count). The van der Waals surface area contributed by atoms with Gasteiger partial charge in [0, 0.05) is 25.7 Å². The van der Waals surface area contributed by atoms with Gasteiger partial charge in [0.2, 0.25) is 10.0 Å². The zero-order chi connectivity index (χ0) is 23.7. The number of aryl methyl sites for hydroxylation is 1. The van der Waals surface area contributed by atoms with Crippen LogP contribution in [0.5, 0.6) is 0 Å². The fraction of sp³-hybridized carbons (Fsp3) is 0.346. The van der Waals surface area contributed by atoms with Gasteiger partial charge >= 0.3 is 0 Å². The number of fused-ring (bicyclic) bond motifs is 2. The lowest BCUT2D eigenvalue weighted by Crippen LogP contribution is -2.40. The van der Waals surface area contributed by atoms with Crippen LogP contribution in [0.25, 0.3) is 21.8 Å². The number of rotatable bonds is 7. The molecule has 0 bridgehead atoms. The van der Waals surface area contributed by atoms with Crippen LogP contribution in [0.2, 0.25) is 0 Å². The molecule has 1 unspecified atom stereocenters. The molecule has 0 spiro atoms. The number of hydrogen-bond donors (Lipinski definition) is 1. The van der Waals surface area contributed by atoms with Gasteiger partial charge in [-0.3, -0.25) is 0 Å². The van der Waals surface area contributed by atoms with Gasteiger partial charge in [-0.25, -0.2) is 13.4 Å². The van der Waals surface area contributed by atoms with Crippen molar-refractivity contribution in [2.75, 3.05) is 26.3 Å². The molecular formula is C26H30N4O3S. The topological polar surface area (TPSA) is 76.5 Å². The van der Waals surface area contributed by atoms with Gasteiger partial charge in [-0.1, -0.05) is 36.4 Å². The van der Waals surface area contributed by atoms with E-state index in [0.29, 0.717) is 38.4 Å². The van der Waals surface area contributed by atoms with Crippen molar-refractivity contribution < 1.29 is 13.2 Å². The van der Waals surface area contributed by atoms with Gasteiger partial charge in [0.05, 0.1) is 35.7 Å². The van der Waals surface area contributed by atoms with Gasteiger partial charge in [0.15, 0.2) is 0 Å². The van der Waals surface area contributed by atoms with E-state index in [1.165, 1.54) is 20.6 Å². The third-order valence-corrected chi connectivity index (χ3v) is 8.46. The maximum atomic E-state index is 13.1. The van der Waals surface area contributed by atoms with E-state index >= 15 is 0 Å². The molecule has 1 aliphatic rings. The lowest BCUT2D eigenvalue weighted by atomic mass is 10.0. The highest BCUT2D eigenvalue weighted by Gasteiger charge is 2.27. The van der Waals surface area contributed by atoms with Crippen LogP contribution in [0.15, 0.2) is 65.6 Å². The van der Waals surface area contributed by atoms with Gasteiger partial charge in [-0.05, 0) is 54.4 Å². The number of ether oxygens (including phenoxy) is 1. The zero-order valence-electron chi connectivity index (χ0n) is 19.6. The van der Waals surface area contributed by atoms with E-state index in [1.54, 1.807) is 12.1 Å². The molecule has 1 aliphatic heterocycles. The van der Waals surface area contributed by atoms with Gasteiger partial charge in [0.1, 0.15) is 5.82 Å². The van der Waals surface area contributed by atoms with E-state index in [2.05, 4.69) is 66.2 Å². The summed E-state index contributed by atoms with van der Waals surface area (Å²) in [7, 11) is -3.56. The molecule has 178 valence electrons. The third kappa shape index (κ3) is 4.34. The molecule has 2 heterocycles. The predicted molar refractivity (Wildman–Crippen MR) is 134 cm³/mol. The normalized spacial score (nSPS) is 16.3. The molecule has 8 heteroatoms. The molecule has 1 saturated heterocycles. The van der Waals surface area contributed by atoms with Crippen molar-refractivity contribution in [1.82, 2.24) is 19.2 Å². The fourth-order valence-corrected chi connectivity index (χ4v) is 6.01. The zero-order valence-corrected chi connectivity index (χ0v) is 20.4. The van der Waals surface area contributed by atoms with Crippen molar-refractivity contribution in [3.63, 3.8) is 0 Å². The number of morpholine rings is 1. The molecule has 7 nitrogen and oxygen atoms in total. The first-order valence-electron chi connectivity index (χ1n) is 11.8. The minimum atomic E-state index is -3.56. The molecular weight excluding hydrogens is 448 g/mol. The van der Waals surface area contributed by atoms with Crippen LogP contribution in [-0.2, 0) is 27.8 Å². The molecule has 0 saturated carbocycles. The SMILES string of the molecule is CCn1c(CNC(C)c2ccc3ccccc3c2)nc2cc(S(=O)(=O)N3CCOCC3)ccc21. The van der Waals surface area contributed by atoms with Crippen molar-refractivity contribution in [2.45, 2.75) is 37.9 Å². The maximum Gasteiger partial charge on any atom is 0.243 e. The van der Waals surface area contributed by atoms with E-state index in [4.69, 9.17) is 9.72 Å². The standard InChI is InChI=1S/C26H30N4O3S/c1-3-30-25-11-10-23(34(31,32)29-12-14-33-15-13-29)17-24(25)28-26(30)18-27-19(2)21-9-8-20-6-4-5-7-22(20)16-21/h4-11,16-17,19,27H,3,12-15,18H2,1-2H3. The molecule has 1 N–H and O–H groups in total. The second-order valence-electron chi connectivity index (χ2n) is 8.65. The Kier molecular flexibility index (Phi) is 6.40. The summed E-state index contributed by atoms with van der Waals surface area (Å²) in [5, 5.41) is 6.04. The van der Waals surface area contributed by atoms with Crippen molar-refractivity contribution in [1.29, 1.82) is 0 Å². The lowest BCUT2D eigenvalue weighted by molar-refractivity contribution is 0.0730. The highest BCUT2D eigenvalue weighted by atomic mass is 32.2. The average molecular weight is 479 g/mol. The van der Waals surface area contributed by atoms with Gasteiger partial charge < -0.3 is 14.6 Å². The van der Waals surface area contributed by atoms with Gasteiger partial charge in [0.25, 0.3) is 0 Å². The Morgan fingerprint density at radius 1 is 1.03 bits per heavy atom. The van der Waals surface area contributed by atoms with E-state index in [9.17, 15) is 8.42 Å². The number of benzene rings is 3. The lowest BCUT2D eigenvalue weighted by Gasteiger charge is -2.26. The number of sulfonamides is 1. The number of hydrogen-bond acceptors (Lipinski definition) is 5. The summed E-state index contributed by atoms with van der Waals surface area (Å²) >= 11 is 0. The smallest absolute Gasteiger partial charge is 0.243 e. The second-order valence-corrected chi connectivity index (χ2v) is 10.6. The molecule has 0 radical (unpaired) electrons. The first kappa shape index (κ1) is 23.0. The van der Waals surface area contributed by atoms with Crippen LogP contribution in [0, 0.1) is 0 Å². The van der Waals surface area contributed by atoms with Crippen LogP contribution >= 0.6 is 0 Å². The quantitative estimate of drug-likeness (QED) is 0.433. The Morgan fingerprint density at radius 3 is 2.56 bits per heavy atom. The second kappa shape index (κ2) is 9.46. The molecule has 3 aromatic carbocycles. The monoisotopic (exact) mass is 478 g/mol. The summed E-state index contributed by atoms with van der Waals surface area (Å²) in [6, 6.07) is 20.3. The molecule has 4 aromatic rings. The first-order chi connectivity index (χ1) is 16.5. The van der Waals surface area contributed by atoms with Gasteiger partial charge in [-0.15, -0.1) is 0 Å². The molecule has 0 amide bonds. The maximum absolute atomic E-state index is 13.1. The Bertz CT molecular complexity index is 1420. The van der Waals surface area contributed by atoms with Crippen molar-refractivity contribution in [3.8, 4) is 0 Å². The molecule has 1 atom stereocenters. The van der Waals surface area contributed by atoms with E-state index in [0.717, 1.165) is 17.9 Å². The number of nitrogens with one attached hydrogen (secondary N) is 1. The van der Waals surface area contributed by atoms with E-state index in [-0.39, 0.29) is 10.9 Å². The van der Waals surface area contributed by atoms with Crippen molar-refractivity contribution in [2.24, 2.45) is 0 Å². The summed E-state index contributed by atoms with van der Waals surface area (Å²) in [5.74, 6) is 0.894. The Hall–Kier alpha value is -2.78. The van der Waals surface area contributed by atoms with Crippen LogP contribution < -0.4 is 5.32 Å². The van der Waals surface area contributed by atoms with Crippen LogP contribution in [-0.4, -0.2) is 48.6 Å². The minimum Gasteiger partial charge on any atom is -0.379 e. The first-order valence-corrected chi connectivity index (χ1v) is 13.2. The van der Waals surface area contributed by atoms with Crippen LogP contribution in [0.3, 0.4) is 0 Å². The molecule has 1 fully saturated rings. The van der Waals surface area contributed by atoms with Crippen molar-refractivity contribution in [3.05, 3.63) is 72.1 Å². The summed E-state index contributed by atoms with van der Waals surface area (Å²) in [6.45, 7) is 7.19. The minimum absolute atomic E-state index is 0.145. The van der Waals surface area contributed by atoms with E-state index < -0.39 is 10.0 Å². The molecule has 0 aliphatic carbocycles. The van der Waals surface area contributed by atoms with Gasteiger partial charge in [-0.2, -0.15) is 4.31 Å². The van der Waals surface area contributed by atoms with Crippen molar-refractivity contribution >= 4 is 31.8 Å². The summed E-state index contributed by atoms with van der Waals surface area (Å²) in [5.41, 5.74) is 2.86. The van der Waals surface area contributed by atoms with Crippen LogP contribution in [0.1, 0.15) is 31.3 Å². The molecule has 1 aromatic heterocycles. The number of imidazole rings is 1. The average Bonchev–Trinajstić information content (AvgIpc) is 3.24. The Balaban J connectivity index is 1.38. The largest absolute Gasteiger partial charge is 0.379 e. The van der Waals surface area contributed by atoms with E-state index in [1.807, 2.05) is 6.07 Å². The Morgan fingerprint density at radius 2 is 1.79 bits per heavy atom. The number of nitrogens with zero attached hydrogens (tertiary/aromatic N) is 3. The summed E-state index contributed by atoms with van der Waals surface area (Å²) < 4.78 is 35.1. The van der Waals surface area contributed by atoms with Crippen LogP contribution in [0.4, 0.5) is 0 Å². The molecule has 34 heavy (non-hydrogen) atoms. The number of aromatic nitrogens is 2. The highest BCUT2D eigenvalue weighted by molar-refractivity contribution is 7.89. The summed E-state index contributed by atoms with van der Waals surface area (Å²) in [4.78, 5) is 5.10. The summed E-state index contributed by atoms with van der Waals surface area (Å²) in [6.07, 6.45) is 0.